The van der Waals surface area contributed by atoms with Gasteiger partial charge in [-0.1, -0.05) is 237 Å². The van der Waals surface area contributed by atoms with E-state index >= 15 is 0 Å². The molecule has 0 aliphatic heterocycles. The molecule has 2 aromatic heterocycles. The molecule has 4 nitrogen and oxygen atoms in total. The minimum Gasteiger partial charge on any atom is -0.247 e. The standard InChI is InChI=1S/C62H40N4/c1-3-11-41(12-4-1)43-25-33-51(34-26-43)60-64-61(52-35-27-44(28-36-52)42-13-5-2-6-14-42)66-62(65-60)53-37-29-48(30-38-53)46-21-19-45(20-22-46)47-23-31-50(32-24-47)59-58-54-16-8-7-15-49(54)39-40-56(58)55-17-9-10-18-57(55)63-59/h1-40H. The van der Waals surface area contributed by atoms with Gasteiger partial charge in [0.2, 0.25) is 0 Å². The summed E-state index contributed by atoms with van der Waals surface area (Å²) in [6.45, 7) is 0. The molecule has 10 aromatic carbocycles. The number of pyridine rings is 1. The number of fused-ring (bicyclic) bond motifs is 5. The van der Waals surface area contributed by atoms with Crippen LogP contribution >= 0.6 is 0 Å². The zero-order chi connectivity index (χ0) is 43.8. The molecule has 0 atom stereocenters. The molecule has 0 aliphatic carbocycles. The van der Waals surface area contributed by atoms with Gasteiger partial charge < -0.3 is 0 Å². The van der Waals surface area contributed by atoms with E-state index in [0.717, 1.165) is 66.8 Å². The van der Waals surface area contributed by atoms with Crippen molar-refractivity contribution in [2.45, 2.75) is 0 Å². The van der Waals surface area contributed by atoms with Gasteiger partial charge in [-0.2, -0.15) is 0 Å². The van der Waals surface area contributed by atoms with Crippen LogP contribution in [-0.2, 0) is 0 Å². The van der Waals surface area contributed by atoms with Gasteiger partial charge >= 0.3 is 0 Å². The minimum atomic E-state index is 0.625. The second-order valence-corrected chi connectivity index (χ2v) is 16.6. The smallest absolute Gasteiger partial charge is 0.164 e. The van der Waals surface area contributed by atoms with Crippen LogP contribution in [0.2, 0.25) is 0 Å². The number of nitrogens with zero attached hydrogens (tertiary/aromatic N) is 4. The molecule has 12 aromatic rings. The van der Waals surface area contributed by atoms with E-state index < -0.39 is 0 Å². The summed E-state index contributed by atoms with van der Waals surface area (Å²) < 4.78 is 0. The molecular formula is C62H40N4. The summed E-state index contributed by atoms with van der Waals surface area (Å²) in [4.78, 5) is 20.4. The number of hydrogen-bond acceptors (Lipinski definition) is 4. The van der Waals surface area contributed by atoms with Crippen molar-refractivity contribution in [2.24, 2.45) is 0 Å². The summed E-state index contributed by atoms with van der Waals surface area (Å²) >= 11 is 0. The van der Waals surface area contributed by atoms with E-state index in [-0.39, 0.29) is 0 Å². The highest BCUT2D eigenvalue weighted by Crippen LogP contribution is 2.38. The van der Waals surface area contributed by atoms with Crippen LogP contribution < -0.4 is 0 Å². The van der Waals surface area contributed by atoms with Crippen LogP contribution in [0.4, 0.5) is 0 Å². The minimum absolute atomic E-state index is 0.625. The van der Waals surface area contributed by atoms with Gasteiger partial charge in [0.15, 0.2) is 17.5 Å². The molecule has 308 valence electrons. The van der Waals surface area contributed by atoms with Crippen LogP contribution in [0.25, 0.3) is 122 Å². The molecule has 0 N–H and O–H groups in total. The Balaban J connectivity index is 0.836. The fourth-order valence-corrected chi connectivity index (χ4v) is 9.07. The van der Waals surface area contributed by atoms with Crippen molar-refractivity contribution in [3.05, 3.63) is 243 Å². The van der Waals surface area contributed by atoms with E-state index in [4.69, 9.17) is 19.9 Å². The van der Waals surface area contributed by atoms with Gasteiger partial charge in [-0.3, -0.25) is 0 Å². The maximum atomic E-state index is 5.25. The van der Waals surface area contributed by atoms with Crippen molar-refractivity contribution < 1.29 is 0 Å². The lowest BCUT2D eigenvalue weighted by Gasteiger charge is -2.13. The van der Waals surface area contributed by atoms with Gasteiger partial charge in [-0.05, 0) is 66.7 Å². The SMILES string of the molecule is c1ccc(-c2ccc(-c3nc(-c4ccc(-c5ccccc5)cc4)nc(-c4ccc(-c5ccc(-c6ccc(-c7nc8ccccc8c8ccc9ccccc9c78)cc6)cc5)cc4)n3)cc2)cc1. The fourth-order valence-electron chi connectivity index (χ4n) is 9.07. The average Bonchev–Trinajstić information content (AvgIpc) is 3.41. The third-order valence-corrected chi connectivity index (χ3v) is 12.6. The molecule has 12 rings (SSSR count). The molecule has 0 spiro atoms. The van der Waals surface area contributed by atoms with Gasteiger partial charge in [-0.15, -0.1) is 0 Å². The Labute approximate surface area is 383 Å². The Hall–Kier alpha value is -8.86. The van der Waals surface area contributed by atoms with Gasteiger partial charge in [-0.25, -0.2) is 19.9 Å². The zero-order valence-electron chi connectivity index (χ0n) is 35.9. The van der Waals surface area contributed by atoms with Crippen molar-refractivity contribution >= 4 is 32.4 Å². The molecule has 2 heterocycles. The summed E-state index contributed by atoms with van der Waals surface area (Å²) in [5, 5.41) is 6.01. The number of hydrogen-bond donors (Lipinski definition) is 0. The topological polar surface area (TPSA) is 51.6 Å². The van der Waals surface area contributed by atoms with Crippen LogP contribution in [-0.4, -0.2) is 19.9 Å². The Morgan fingerprint density at radius 3 is 0.970 bits per heavy atom. The van der Waals surface area contributed by atoms with E-state index in [1.165, 1.54) is 38.1 Å². The fraction of sp³-hybridized carbons (Fsp3) is 0. The molecule has 0 amide bonds. The van der Waals surface area contributed by atoms with E-state index in [1.54, 1.807) is 0 Å². The first-order valence-corrected chi connectivity index (χ1v) is 22.3. The van der Waals surface area contributed by atoms with Crippen LogP contribution in [0.1, 0.15) is 0 Å². The van der Waals surface area contributed by atoms with Crippen molar-refractivity contribution in [3.63, 3.8) is 0 Å². The predicted octanol–water partition coefficient (Wildman–Crippen LogP) is 16.1. The van der Waals surface area contributed by atoms with E-state index in [1.807, 2.05) is 12.1 Å². The summed E-state index contributed by atoms with van der Waals surface area (Å²) in [5.74, 6) is 1.88. The first-order valence-electron chi connectivity index (χ1n) is 22.3. The lowest BCUT2D eigenvalue weighted by molar-refractivity contribution is 1.07. The lowest BCUT2D eigenvalue weighted by atomic mass is 9.94. The molecule has 0 radical (unpaired) electrons. The third-order valence-electron chi connectivity index (χ3n) is 12.6. The highest BCUT2D eigenvalue weighted by molar-refractivity contribution is 6.21. The first-order chi connectivity index (χ1) is 32.7. The summed E-state index contributed by atoms with van der Waals surface area (Å²) in [6, 6.07) is 85.3. The van der Waals surface area contributed by atoms with E-state index in [0.29, 0.717) is 17.5 Å². The molecule has 0 saturated heterocycles. The normalized spacial score (nSPS) is 11.3. The van der Waals surface area contributed by atoms with Crippen LogP contribution in [0, 0.1) is 0 Å². The van der Waals surface area contributed by atoms with Crippen LogP contribution in [0.3, 0.4) is 0 Å². The molecule has 0 fully saturated rings. The maximum absolute atomic E-state index is 5.25. The Bertz CT molecular complexity index is 3580. The monoisotopic (exact) mass is 840 g/mol. The average molecular weight is 841 g/mol. The zero-order valence-corrected chi connectivity index (χ0v) is 35.9. The Morgan fingerprint density at radius 2 is 0.530 bits per heavy atom. The number of para-hydroxylation sites is 1. The summed E-state index contributed by atoms with van der Waals surface area (Å²) in [7, 11) is 0. The molecule has 0 saturated carbocycles. The molecule has 0 aliphatic rings. The second-order valence-electron chi connectivity index (χ2n) is 16.6. The molecular weight excluding hydrogens is 801 g/mol. The largest absolute Gasteiger partial charge is 0.247 e. The predicted molar refractivity (Wildman–Crippen MR) is 274 cm³/mol. The highest BCUT2D eigenvalue weighted by atomic mass is 15.0. The van der Waals surface area contributed by atoms with E-state index in [2.05, 4.69) is 231 Å². The Morgan fingerprint density at radius 1 is 0.197 bits per heavy atom. The molecule has 66 heavy (non-hydrogen) atoms. The highest BCUT2D eigenvalue weighted by Gasteiger charge is 2.16. The quantitative estimate of drug-likeness (QED) is 0.143. The number of benzene rings is 10. The van der Waals surface area contributed by atoms with Crippen molar-refractivity contribution in [3.8, 4) is 89.9 Å². The lowest BCUT2D eigenvalue weighted by Crippen LogP contribution is -2.00. The number of aromatic nitrogens is 4. The molecule has 0 unspecified atom stereocenters. The van der Waals surface area contributed by atoms with Gasteiger partial charge in [0.25, 0.3) is 0 Å². The van der Waals surface area contributed by atoms with Crippen molar-refractivity contribution in [1.29, 1.82) is 0 Å². The van der Waals surface area contributed by atoms with Crippen molar-refractivity contribution in [2.75, 3.05) is 0 Å². The number of rotatable bonds is 8. The summed E-state index contributed by atoms with van der Waals surface area (Å²) in [5.41, 5.74) is 15.1. The summed E-state index contributed by atoms with van der Waals surface area (Å²) in [6.07, 6.45) is 0. The van der Waals surface area contributed by atoms with Crippen LogP contribution in [0.15, 0.2) is 243 Å². The van der Waals surface area contributed by atoms with Crippen LogP contribution in [0.5, 0.6) is 0 Å². The second kappa shape index (κ2) is 16.7. The van der Waals surface area contributed by atoms with Gasteiger partial charge in [0, 0.05) is 33.0 Å². The maximum Gasteiger partial charge on any atom is 0.164 e. The molecule has 0 bridgehead atoms. The van der Waals surface area contributed by atoms with Gasteiger partial charge in [0.1, 0.15) is 0 Å². The Kier molecular flexibility index (Phi) is 9.81. The van der Waals surface area contributed by atoms with Crippen molar-refractivity contribution in [1.82, 2.24) is 19.9 Å². The van der Waals surface area contributed by atoms with E-state index in [9.17, 15) is 0 Å². The molecule has 4 heteroatoms. The first kappa shape index (κ1) is 38.8. The van der Waals surface area contributed by atoms with Gasteiger partial charge in [0.05, 0.1) is 11.2 Å². The third kappa shape index (κ3) is 7.36.